The predicted octanol–water partition coefficient (Wildman–Crippen LogP) is 2.13. The Balaban J connectivity index is 0.00000144. The number of hydrogen-bond acceptors (Lipinski definition) is 3. The van der Waals surface area contributed by atoms with Crippen LogP contribution < -0.4 is 10.5 Å². The molecule has 92 valence electrons. The Morgan fingerprint density at radius 1 is 1.35 bits per heavy atom. The number of nitrogens with zero attached hydrogens (tertiary/aromatic N) is 1. The van der Waals surface area contributed by atoms with E-state index in [2.05, 4.69) is 0 Å². The molecule has 0 aliphatic heterocycles. The van der Waals surface area contributed by atoms with Crippen molar-refractivity contribution in [2.24, 2.45) is 5.73 Å². The molecule has 0 unspecified atom stereocenters. The number of hydrogen-bond donors (Lipinski definition) is 1. The molecule has 2 N–H and O–H groups in total. The van der Waals surface area contributed by atoms with Gasteiger partial charge in [-0.3, -0.25) is 0 Å². The molecule has 0 aromatic heterocycles. The molecular formula is C11H11ClF2N2O. The van der Waals surface area contributed by atoms with Crippen molar-refractivity contribution in [3.63, 3.8) is 0 Å². The van der Waals surface area contributed by atoms with E-state index in [-0.39, 0.29) is 30.3 Å². The minimum Gasteiger partial charge on any atom is -0.491 e. The standard InChI is InChI=1S/C11H10F2N2O.ClH/c12-9-3-7(4-10(13)8(9)5-14)16-6-11(15)1-2-11;/h3-4H,1-2,6,15H2;1H. The van der Waals surface area contributed by atoms with Crippen molar-refractivity contribution < 1.29 is 13.5 Å². The zero-order valence-corrected chi connectivity index (χ0v) is 9.69. The number of nitrogens with two attached hydrogens (primary N) is 1. The van der Waals surface area contributed by atoms with Crippen LogP contribution in [0.2, 0.25) is 0 Å². The summed E-state index contributed by atoms with van der Waals surface area (Å²) < 4.78 is 31.5. The summed E-state index contributed by atoms with van der Waals surface area (Å²) >= 11 is 0. The minimum absolute atomic E-state index is 0. The molecule has 0 amide bonds. The highest BCUT2D eigenvalue weighted by molar-refractivity contribution is 5.85. The van der Waals surface area contributed by atoms with E-state index in [1.807, 2.05) is 0 Å². The van der Waals surface area contributed by atoms with Crippen LogP contribution >= 0.6 is 12.4 Å². The van der Waals surface area contributed by atoms with Crippen LogP contribution in [0.3, 0.4) is 0 Å². The number of nitriles is 1. The van der Waals surface area contributed by atoms with E-state index in [0.717, 1.165) is 25.0 Å². The Bertz CT molecular complexity index is 446. The van der Waals surface area contributed by atoms with E-state index in [0.29, 0.717) is 0 Å². The molecule has 1 aliphatic carbocycles. The lowest BCUT2D eigenvalue weighted by molar-refractivity contribution is 0.277. The van der Waals surface area contributed by atoms with Crippen molar-refractivity contribution in [3.05, 3.63) is 29.3 Å². The molecular weight excluding hydrogens is 250 g/mol. The van der Waals surface area contributed by atoms with Gasteiger partial charge in [0.1, 0.15) is 35.6 Å². The summed E-state index contributed by atoms with van der Waals surface area (Å²) in [7, 11) is 0. The first-order valence-electron chi connectivity index (χ1n) is 4.85. The Morgan fingerprint density at radius 3 is 2.29 bits per heavy atom. The molecule has 1 aliphatic rings. The van der Waals surface area contributed by atoms with Crippen molar-refractivity contribution in [2.45, 2.75) is 18.4 Å². The first kappa shape index (κ1) is 13.7. The van der Waals surface area contributed by atoms with Crippen LogP contribution in [0.15, 0.2) is 12.1 Å². The van der Waals surface area contributed by atoms with Gasteiger partial charge in [0.2, 0.25) is 0 Å². The monoisotopic (exact) mass is 260 g/mol. The van der Waals surface area contributed by atoms with Gasteiger partial charge in [-0.05, 0) is 12.8 Å². The lowest BCUT2D eigenvalue weighted by Crippen LogP contribution is -2.29. The molecule has 0 spiro atoms. The largest absolute Gasteiger partial charge is 0.491 e. The van der Waals surface area contributed by atoms with Crippen molar-refractivity contribution in [1.82, 2.24) is 0 Å². The van der Waals surface area contributed by atoms with E-state index in [1.165, 1.54) is 6.07 Å². The van der Waals surface area contributed by atoms with Crippen molar-refractivity contribution >= 4 is 12.4 Å². The van der Waals surface area contributed by atoms with Crippen LogP contribution in [-0.2, 0) is 0 Å². The fraction of sp³-hybridized carbons (Fsp3) is 0.364. The highest BCUT2D eigenvalue weighted by Crippen LogP contribution is 2.33. The molecule has 0 saturated heterocycles. The average molecular weight is 261 g/mol. The summed E-state index contributed by atoms with van der Waals surface area (Å²) in [5.41, 5.74) is 4.82. The van der Waals surface area contributed by atoms with Crippen LogP contribution in [0.5, 0.6) is 5.75 Å². The van der Waals surface area contributed by atoms with Gasteiger partial charge >= 0.3 is 0 Å². The van der Waals surface area contributed by atoms with Gasteiger partial charge in [-0.25, -0.2) is 8.78 Å². The third-order valence-corrected chi connectivity index (χ3v) is 2.55. The van der Waals surface area contributed by atoms with Gasteiger partial charge in [0.25, 0.3) is 0 Å². The average Bonchev–Trinajstić information content (AvgIpc) is 2.94. The van der Waals surface area contributed by atoms with Crippen LogP contribution in [0.1, 0.15) is 18.4 Å². The summed E-state index contributed by atoms with van der Waals surface area (Å²) in [6, 6.07) is 3.43. The molecule has 0 bridgehead atoms. The Hall–Kier alpha value is -1.38. The topological polar surface area (TPSA) is 59.0 Å². The number of rotatable bonds is 3. The second-order valence-electron chi connectivity index (χ2n) is 4.02. The first-order chi connectivity index (χ1) is 7.54. The van der Waals surface area contributed by atoms with Crippen molar-refractivity contribution in [1.29, 1.82) is 5.26 Å². The van der Waals surface area contributed by atoms with E-state index in [4.69, 9.17) is 15.7 Å². The van der Waals surface area contributed by atoms with E-state index in [9.17, 15) is 8.78 Å². The van der Waals surface area contributed by atoms with Crippen LogP contribution in [-0.4, -0.2) is 12.1 Å². The molecule has 1 saturated carbocycles. The third-order valence-electron chi connectivity index (χ3n) is 2.55. The van der Waals surface area contributed by atoms with Gasteiger partial charge in [-0.15, -0.1) is 12.4 Å². The Morgan fingerprint density at radius 2 is 1.88 bits per heavy atom. The van der Waals surface area contributed by atoms with Gasteiger partial charge in [0, 0.05) is 12.1 Å². The smallest absolute Gasteiger partial charge is 0.147 e. The minimum atomic E-state index is -0.917. The molecule has 1 aromatic carbocycles. The van der Waals surface area contributed by atoms with Gasteiger partial charge in [0.15, 0.2) is 0 Å². The molecule has 6 heteroatoms. The fourth-order valence-electron chi connectivity index (χ4n) is 1.27. The van der Waals surface area contributed by atoms with Crippen LogP contribution in [0, 0.1) is 23.0 Å². The Labute approximate surface area is 104 Å². The lowest BCUT2D eigenvalue weighted by atomic mass is 10.2. The Kier molecular flexibility index (Phi) is 3.91. The number of benzene rings is 1. The second kappa shape index (κ2) is 4.86. The first-order valence-corrected chi connectivity index (χ1v) is 4.85. The van der Waals surface area contributed by atoms with Crippen molar-refractivity contribution in [2.75, 3.05) is 6.61 Å². The van der Waals surface area contributed by atoms with Gasteiger partial charge < -0.3 is 10.5 Å². The molecule has 1 fully saturated rings. The molecule has 0 radical (unpaired) electrons. The molecule has 3 nitrogen and oxygen atoms in total. The normalized spacial score (nSPS) is 15.6. The zero-order valence-electron chi connectivity index (χ0n) is 8.87. The summed E-state index contributed by atoms with van der Waals surface area (Å²) in [6.07, 6.45) is 1.71. The quantitative estimate of drug-likeness (QED) is 0.906. The molecule has 1 aromatic rings. The number of ether oxygens (including phenoxy) is 1. The summed E-state index contributed by atoms with van der Waals surface area (Å²) in [5, 5.41) is 8.47. The van der Waals surface area contributed by atoms with Gasteiger partial charge in [-0.1, -0.05) is 0 Å². The maximum atomic E-state index is 13.2. The third kappa shape index (κ3) is 3.05. The van der Waals surface area contributed by atoms with Gasteiger partial charge in [-0.2, -0.15) is 5.26 Å². The maximum Gasteiger partial charge on any atom is 0.147 e. The highest BCUT2D eigenvalue weighted by Gasteiger charge is 2.39. The number of halogens is 3. The molecule has 17 heavy (non-hydrogen) atoms. The summed E-state index contributed by atoms with van der Waals surface area (Å²) in [4.78, 5) is 0. The van der Waals surface area contributed by atoms with Crippen molar-refractivity contribution in [3.8, 4) is 11.8 Å². The summed E-state index contributed by atoms with van der Waals surface area (Å²) in [6.45, 7) is 0.234. The highest BCUT2D eigenvalue weighted by atomic mass is 35.5. The molecule has 0 heterocycles. The SMILES string of the molecule is Cl.N#Cc1c(F)cc(OCC2(N)CC2)cc1F. The van der Waals surface area contributed by atoms with Gasteiger partial charge in [0.05, 0.1) is 5.54 Å². The summed E-state index contributed by atoms with van der Waals surface area (Å²) in [5.74, 6) is -1.77. The van der Waals surface area contributed by atoms with Crippen LogP contribution in [0.4, 0.5) is 8.78 Å². The van der Waals surface area contributed by atoms with E-state index >= 15 is 0 Å². The van der Waals surface area contributed by atoms with E-state index < -0.39 is 17.2 Å². The second-order valence-corrected chi connectivity index (χ2v) is 4.02. The van der Waals surface area contributed by atoms with E-state index in [1.54, 1.807) is 0 Å². The fourth-order valence-corrected chi connectivity index (χ4v) is 1.27. The molecule has 0 atom stereocenters. The zero-order chi connectivity index (χ0) is 11.8. The van der Waals surface area contributed by atoms with Crippen LogP contribution in [0.25, 0.3) is 0 Å². The predicted molar refractivity (Wildman–Crippen MR) is 60.0 cm³/mol. The lowest BCUT2D eigenvalue weighted by Gasteiger charge is -2.11. The molecule has 2 rings (SSSR count). The maximum absolute atomic E-state index is 13.2.